The lowest BCUT2D eigenvalue weighted by Gasteiger charge is -2.21. The molecule has 2 saturated carbocycles. The summed E-state index contributed by atoms with van der Waals surface area (Å²) < 4.78 is 19.7. The Hall–Kier alpha value is -2.31. The van der Waals surface area contributed by atoms with Crippen molar-refractivity contribution in [2.75, 3.05) is 23.8 Å². The second-order valence-corrected chi connectivity index (χ2v) is 8.29. The van der Waals surface area contributed by atoms with Crippen LogP contribution < -0.4 is 16.0 Å². The van der Waals surface area contributed by atoms with Crippen LogP contribution >= 0.6 is 0 Å². The third-order valence-corrected chi connectivity index (χ3v) is 5.93. The third kappa shape index (κ3) is 6.34. The van der Waals surface area contributed by atoms with Gasteiger partial charge in [-0.05, 0) is 51.2 Å². The molecule has 2 aliphatic rings. The molecule has 0 unspecified atom stereocenters. The van der Waals surface area contributed by atoms with Gasteiger partial charge in [-0.1, -0.05) is 25.7 Å². The number of hydrogen-bond donors (Lipinski definition) is 3. The lowest BCUT2D eigenvalue weighted by molar-refractivity contribution is -0.143. The Morgan fingerprint density at radius 1 is 1.00 bits per heavy atom. The Morgan fingerprint density at radius 3 is 2.20 bits per heavy atom. The molecule has 0 aliphatic heterocycles. The predicted molar refractivity (Wildman–Crippen MR) is 116 cm³/mol. The van der Waals surface area contributed by atoms with E-state index in [9.17, 15) is 14.0 Å². The van der Waals surface area contributed by atoms with Crippen LogP contribution in [0.2, 0.25) is 0 Å². The molecule has 0 bridgehead atoms. The quantitative estimate of drug-likeness (QED) is 0.381. The van der Waals surface area contributed by atoms with Crippen molar-refractivity contribution in [2.45, 2.75) is 83.2 Å². The number of rotatable bonds is 10. The van der Waals surface area contributed by atoms with Crippen molar-refractivity contribution in [1.82, 2.24) is 5.32 Å². The molecule has 2 aliphatic carbocycles. The van der Waals surface area contributed by atoms with E-state index in [1.165, 1.54) is 31.7 Å². The van der Waals surface area contributed by atoms with Crippen LogP contribution in [0.1, 0.15) is 81.5 Å². The summed E-state index contributed by atoms with van der Waals surface area (Å²) in [7, 11) is 0. The van der Waals surface area contributed by atoms with Gasteiger partial charge in [0.05, 0.1) is 17.9 Å². The van der Waals surface area contributed by atoms with E-state index in [1.807, 2.05) is 0 Å². The van der Waals surface area contributed by atoms with Gasteiger partial charge in [-0.15, -0.1) is 0 Å². The minimum atomic E-state index is -0.407. The highest BCUT2D eigenvalue weighted by Crippen LogP contribution is 2.31. The number of nitrogens with one attached hydrogen (secondary N) is 3. The molecule has 0 heterocycles. The molecule has 3 N–H and O–H groups in total. The summed E-state index contributed by atoms with van der Waals surface area (Å²) in [4.78, 5) is 24.2. The maximum Gasteiger partial charge on any atom is 0.305 e. The number of ether oxygens (including phenoxy) is 1. The van der Waals surface area contributed by atoms with Crippen LogP contribution in [-0.2, 0) is 9.53 Å². The van der Waals surface area contributed by atoms with E-state index >= 15 is 0 Å². The highest BCUT2D eigenvalue weighted by Gasteiger charge is 2.22. The average molecular weight is 420 g/mol. The Kier molecular flexibility index (Phi) is 8.34. The lowest BCUT2D eigenvalue weighted by Crippen LogP contribution is -2.27. The van der Waals surface area contributed by atoms with Gasteiger partial charge in [0.1, 0.15) is 5.82 Å². The second-order valence-electron chi connectivity index (χ2n) is 8.29. The minimum Gasteiger partial charge on any atom is -0.466 e. The second kappa shape index (κ2) is 11.2. The Morgan fingerprint density at radius 2 is 1.60 bits per heavy atom. The van der Waals surface area contributed by atoms with Crippen LogP contribution in [0.4, 0.5) is 15.8 Å². The van der Waals surface area contributed by atoms with Crippen LogP contribution in [0.5, 0.6) is 0 Å². The van der Waals surface area contributed by atoms with Crippen molar-refractivity contribution in [2.24, 2.45) is 0 Å². The topological polar surface area (TPSA) is 79.5 Å². The van der Waals surface area contributed by atoms with Crippen LogP contribution in [0.25, 0.3) is 0 Å². The van der Waals surface area contributed by atoms with Crippen molar-refractivity contribution >= 4 is 23.3 Å². The van der Waals surface area contributed by atoms with Crippen molar-refractivity contribution in [3.8, 4) is 0 Å². The zero-order valence-corrected chi connectivity index (χ0v) is 17.9. The predicted octanol–water partition coefficient (Wildman–Crippen LogP) is 4.61. The van der Waals surface area contributed by atoms with E-state index in [-0.39, 0.29) is 18.3 Å². The van der Waals surface area contributed by atoms with Gasteiger partial charge in [-0.25, -0.2) is 4.39 Å². The number of carbonyl (C=O) groups excluding carboxylic acids is 2. The number of hydrogen-bond acceptors (Lipinski definition) is 5. The zero-order valence-electron chi connectivity index (χ0n) is 17.9. The minimum absolute atomic E-state index is 0.250. The summed E-state index contributed by atoms with van der Waals surface area (Å²) in [6, 6.07) is 3.68. The first kappa shape index (κ1) is 22.4. The first-order valence-electron chi connectivity index (χ1n) is 11.4. The van der Waals surface area contributed by atoms with Gasteiger partial charge in [0.25, 0.3) is 5.91 Å². The van der Waals surface area contributed by atoms with Crippen LogP contribution in [0.15, 0.2) is 12.1 Å². The molecular formula is C23H34FN3O3. The standard InChI is InChI=1S/C23H34FN3O3/c1-2-30-22(28)12-7-13-25-23(29)18-14-19(24)21(27-17-10-5-6-11-17)15-20(18)26-16-8-3-4-9-16/h14-17,26-27H,2-13H2,1H3,(H,25,29). The van der Waals surface area contributed by atoms with Crippen LogP contribution in [-0.4, -0.2) is 37.1 Å². The van der Waals surface area contributed by atoms with Crippen molar-refractivity contribution in [3.05, 3.63) is 23.5 Å². The molecule has 1 aromatic rings. The van der Waals surface area contributed by atoms with E-state index in [1.54, 1.807) is 13.0 Å². The number of halogens is 1. The highest BCUT2D eigenvalue weighted by atomic mass is 19.1. The molecular weight excluding hydrogens is 385 g/mol. The number of carbonyl (C=O) groups is 2. The number of esters is 1. The summed E-state index contributed by atoms with van der Waals surface area (Å²) in [5.74, 6) is -1.01. The molecule has 3 rings (SSSR count). The van der Waals surface area contributed by atoms with E-state index in [2.05, 4.69) is 16.0 Å². The molecule has 7 heteroatoms. The summed E-state index contributed by atoms with van der Waals surface area (Å²) in [5, 5.41) is 9.59. The molecule has 2 fully saturated rings. The number of amides is 1. The van der Waals surface area contributed by atoms with Gasteiger partial charge in [0, 0.05) is 30.7 Å². The van der Waals surface area contributed by atoms with E-state index in [0.717, 1.165) is 25.7 Å². The SMILES string of the molecule is CCOC(=O)CCCNC(=O)c1cc(F)c(NC2CCCC2)cc1NC1CCCC1. The monoisotopic (exact) mass is 419 g/mol. The summed E-state index contributed by atoms with van der Waals surface area (Å²) in [5.41, 5.74) is 1.44. The van der Waals surface area contributed by atoms with Gasteiger partial charge in [-0.2, -0.15) is 0 Å². The Balaban J connectivity index is 1.67. The molecule has 30 heavy (non-hydrogen) atoms. The Labute approximate surface area is 178 Å². The smallest absolute Gasteiger partial charge is 0.305 e. The summed E-state index contributed by atoms with van der Waals surface area (Å²) in [6.07, 6.45) is 9.62. The molecule has 0 aromatic heterocycles. The normalized spacial score (nSPS) is 17.1. The lowest BCUT2D eigenvalue weighted by atomic mass is 10.1. The summed E-state index contributed by atoms with van der Waals surface area (Å²) >= 11 is 0. The van der Waals surface area contributed by atoms with Gasteiger partial charge in [0.15, 0.2) is 0 Å². The molecule has 0 radical (unpaired) electrons. The van der Waals surface area contributed by atoms with Crippen LogP contribution in [0.3, 0.4) is 0 Å². The number of anilines is 2. The van der Waals surface area contributed by atoms with Crippen molar-refractivity contribution in [1.29, 1.82) is 0 Å². The van der Waals surface area contributed by atoms with Gasteiger partial charge >= 0.3 is 5.97 Å². The van der Waals surface area contributed by atoms with Crippen molar-refractivity contribution in [3.63, 3.8) is 0 Å². The average Bonchev–Trinajstić information content (AvgIpc) is 3.42. The van der Waals surface area contributed by atoms with E-state index < -0.39 is 5.82 Å². The fourth-order valence-electron chi connectivity index (χ4n) is 4.33. The molecule has 1 amide bonds. The Bertz CT molecular complexity index is 729. The maximum absolute atomic E-state index is 14.8. The molecule has 0 saturated heterocycles. The molecule has 1 aromatic carbocycles. The van der Waals surface area contributed by atoms with Crippen molar-refractivity contribution < 1.29 is 18.7 Å². The molecule has 6 nitrogen and oxygen atoms in total. The van der Waals surface area contributed by atoms with Gasteiger partial charge in [0.2, 0.25) is 0 Å². The first-order chi connectivity index (χ1) is 14.6. The fraction of sp³-hybridized carbons (Fsp3) is 0.652. The largest absolute Gasteiger partial charge is 0.466 e. The fourth-order valence-corrected chi connectivity index (χ4v) is 4.33. The van der Waals surface area contributed by atoms with Gasteiger partial charge < -0.3 is 20.7 Å². The maximum atomic E-state index is 14.8. The van der Waals surface area contributed by atoms with E-state index in [0.29, 0.717) is 48.6 Å². The van der Waals surface area contributed by atoms with E-state index in [4.69, 9.17) is 4.74 Å². The first-order valence-corrected chi connectivity index (χ1v) is 11.4. The summed E-state index contributed by atoms with van der Waals surface area (Å²) in [6.45, 7) is 2.45. The molecule has 0 atom stereocenters. The third-order valence-electron chi connectivity index (χ3n) is 5.93. The zero-order chi connectivity index (χ0) is 21.3. The highest BCUT2D eigenvalue weighted by molar-refractivity contribution is 6.00. The van der Waals surface area contributed by atoms with Crippen LogP contribution in [0, 0.1) is 5.82 Å². The van der Waals surface area contributed by atoms with Gasteiger partial charge in [-0.3, -0.25) is 9.59 Å². The molecule has 0 spiro atoms. The number of benzene rings is 1. The molecule has 166 valence electrons.